The standard InChI is InChI=1S/C10H9NO4.C6H5NO3.C4H4O2.C4H8O/c1-8(12)6-7-15-10-4-2-9(3-5-10)11(13)14;8-6-3-1-5(2-4-6)7(9)10;1-3-4(5)6-2;1-2-4-5-3-1/h2-7H,1H3;1-4,8H;1H,2H3;1-4H2/b7-6+;;;. The molecule has 0 unspecified atom stereocenters. The molecule has 0 aliphatic carbocycles. The number of aromatic hydroxyl groups is 1. The van der Waals surface area contributed by atoms with Gasteiger partial charge in [-0.25, -0.2) is 4.79 Å². The molecule has 1 aliphatic heterocycles. The number of hydrogen-bond donors (Lipinski definition) is 1. The number of hydrogen-bond acceptors (Lipinski definition) is 10. The number of benzene rings is 2. The molecule has 36 heavy (non-hydrogen) atoms. The van der Waals surface area contributed by atoms with E-state index in [1.54, 1.807) is 5.92 Å². The van der Waals surface area contributed by atoms with Gasteiger partial charge >= 0.3 is 5.97 Å². The number of phenolic OH excluding ortho intramolecular Hbond substituents is 1. The van der Waals surface area contributed by atoms with E-state index in [4.69, 9.17) is 14.6 Å². The quantitative estimate of drug-likeness (QED) is 0.120. The Balaban J connectivity index is 0.000000499. The van der Waals surface area contributed by atoms with Crippen LogP contribution in [-0.2, 0) is 19.1 Å². The van der Waals surface area contributed by atoms with Crippen LogP contribution in [0.3, 0.4) is 0 Å². The Labute approximate surface area is 207 Å². The normalized spacial score (nSPS) is 11.1. The van der Waals surface area contributed by atoms with E-state index in [1.165, 1.54) is 87.7 Å². The minimum absolute atomic E-state index is 0.00195. The summed E-state index contributed by atoms with van der Waals surface area (Å²) in [5.41, 5.74) is -0.0179. The summed E-state index contributed by atoms with van der Waals surface area (Å²) < 4.78 is 14.0. The van der Waals surface area contributed by atoms with Gasteiger partial charge < -0.3 is 19.3 Å². The van der Waals surface area contributed by atoms with Crippen LogP contribution in [0.5, 0.6) is 11.5 Å². The molecule has 1 fully saturated rings. The second kappa shape index (κ2) is 18.6. The zero-order valence-electron chi connectivity index (χ0n) is 19.7. The monoisotopic (exact) mass is 502 g/mol. The van der Waals surface area contributed by atoms with Crippen LogP contribution in [0, 0.1) is 32.6 Å². The Morgan fingerprint density at radius 1 is 1.00 bits per heavy atom. The minimum Gasteiger partial charge on any atom is -0.508 e. The number of terminal acetylenes is 1. The number of carbonyl (C=O) groups excluding carboxylic acids is 2. The summed E-state index contributed by atoms with van der Waals surface area (Å²) >= 11 is 0. The largest absolute Gasteiger partial charge is 0.508 e. The smallest absolute Gasteiger partial charge is 0.383 e. The third kappa shape index (κ3) is 15.9. The fourth-order valence-corrected chi connectivity index (χ4v) is 2.00. The first-order chi connectivity index (χ1) is 17.1. The van der Waals surface area contributed by atoms with E-state index in [0.717, 1.165) is 13.2 Å². The molecule has 192 valence electrons. The van der Waals surface area contributed by atoms with Crippen molar-refractivity contribution in [1.29, 1.82) is 0 Å². The molecule has 0 amide bonds. The SMILES string of the molecule is C#CC(=O)OC.C1CCOC1.CC(=O)/C=C/Oc1ccc([N+](=O)[O-])cc1.O=[N+]([O-])c1ccc(O)cc1. The first-order valence-corrected chi connectivity index (χ1v) is 10.2. The zero-order valence-corrected chi connectivity index (χ0v) is 19.7. The molecule has 12 nitrogen and oxygen atoms in total. The van der Waals surface area contributed by atoms with E-state index < -0.39 is 15.8 Å². The van der Waals surface area contributed by atoms with E-state index in [0.29, 0.717) is 5.75 Å². The number of phenols is 1. The summed E-state index contributed by atoms with van der Waals surface area (Å²) in [6.07, 6.45) is 9.62. The van der Waals surface area contributed by atoms with Crippen molar-refractivity contribution >= 4 is 23.1 Å². The highest BCUT2D eigenvalue weighted by atomic mass is 16.6. The number of ether oxygens (including phenoxy) is 3. The molecule has 1 N–H and O–H groups in total. The van der Waals surface area contributed by atoms with Crippen molar-refractivity contribution in [1.82, 2.24) is 0 Å². The topological polar surface area (TPSA) is 168 Å². The molecule has 0 saturated carbocycles. The maximum Gasteiger partial charge on any atom is 0.383 e. The lowest BCUT2D eigenvalue weighted by atomic mass is 10.3. The van der Waals surface area contributed by atoms with Gasteiger partial charge in [-0.2, -0.15) is 0 Å². The summed E-state index contributed by atoms with van der Waals surface area (Å²) in [4.78, 5) is 39.6. The van der Waals surface area contributed by atoms with Gasteiger partial charge in [0.1, 0.15) is 11.5 Å². The molecule has 2 aromatic carbocycles. The predicted octanol–water partition coefficient (Wildman–Crippen LogP) is 3.97. The molecule has 0 bridgehead atoms. The number of esters is 1. The van der Waals surface area contributed by atoms with Crippen LogP contribution in [0.25, 0.3) is 0 Å². The highest BCUT2D eigenvalue weighted by molar-refractivity contribution is 5.87. The van der Waals surface area contributed by atoms with Crippen molar-refractivity contribution in [2.45, 2.75) is 19.8 Å². The van der Waals surface area contributed by atoms with Crippen molar-refractivity contribution in [3.8, 4) is 23.8 Å². The Kier molecular flexibility index (Phi) is 16.2. The second-order valence-electron chi connectivity index (χ2n) is 6.51. The molecule has 1 aliphatic rings. The van der Waals surface area contributed by atoms with Gasteiger partial charge in [0.15, 0.2) is 5.78 Å². The number of allylic oxidation sites excluding steroid dienone is 1. The first-order valence-electron chi connectivity index (χ1n) is 10.2. The Morgan fingerprint density at radius 2 is 1.47 bits per heavy atom. The van der Waals surface area contributed by atoms with Gasteiger partial charge in [0.25, 0.3) is 11.4 Å². The Bertz CT molecular complexity index is 1030. The van der Waals surface area contributed by atoms with Crippen LogP contribution >= 0.6 is 0 Å². The number of rotatable bonds is 5. The second-order valence-corrected chi connectivity index (χ2v) is 6.51. The maximum atomic E-state index is 10.5. The lowest BCUT2D eigenvalue weighted by Crippen LogP contribution is -1.92. The Hall–Kier alpha value is -4.76. The van der Waals surface area contributed by atoms with Gasteiger partial charge in [-0.15, -0.1) is 6.42 Å². The molecule has 2 aromatic rings. The third-order valence-electron chi connectivity index (χ3n) is 3.75. The average molecular weight is 502 g/mol. The molecule has 0 atom stereocenters. The fourth-order valence-electron chi connectivity index (χ4n) is 2.00. The number of ketones is 1. The summed E-state index contributed by atoms with van der Waals surface area (Å²) in [5.74, 6) is 1.47. The lowest BCUT2D eigenvalue weighted by molar-refractivity contribution is -0.385. The third-order valence-corrected chi connectivity index (χ3v) is 3.75. The summed E-state index contributed by atoms with van der Waals surface area (Å²) in [5, 5.41) is 29.1. The molecule has 1 heterocycles. The number of methoxy groups -OCH3 is 1. The van der Waals surface area contributed by atoms with E-state index in [9.17, 15) is 29.8 Å². The van der Waals surface area contributed by atoms with Crippen molar-refractivity contribution in [2.75, 3.05) is 20.3 Å². The van der Waals surface area contributed by atoms with E-state index in [2.05, 4.69) is 11.2 Å². The van der Waals surface area contributed by atoms with Gasteiger partial charge in [0.05, 0.1) is 23.2 Å². The predicted molar refractivity (Wildman–Crippen MR) is 129 cm³/mol. The van der Waals surface area contributed by atoms with Crippen molar-refractivity contribution in [3.05, 3.63) is 81.1 Å². The molecule has 12 heteroatoms. The lowest BCUT2D eigenvalue weighted by Gasteiger charge is -1.98. The highest BCUT2D eigenvalue weighted by Gasteiger charge is 2.03. The van der Waals surface area contributed by atoms with Crippen LogP contribution < -0.4 is 4.74 Å². The molecular formula is C24H26N2O10. The van der Waals surface area contributed by atoms with Crippen molar-refractivity contribution < 1.29 is 38.8 Å². The molecule has 1 saturated heterocycles. The van der Waals surface area contributed by atoms with E-state index in [-0.39, 0.29) is 22.9 Å². The van der Waals surface area contributed by atoms with Gasteiger partial charge in [0.2, 0.25) is 0 Å². The number of nitrogens with zero attached hydrogens (tertiary/aromatic N) is 2. The molecule has 3 rings (SSSR count). The summed E-state index contributed by atoms with van der Waals surface area (Å²) in [6.45, 7) is 3.40. The molecular weight excluding hydrogens is 476 g/mol. The molecule has 0 aromatic heterocycles. The Morgan fingerprint density at radius 3 is 1.78 bits per heavy atom. The van der Waals surface area contributed by atoms with Crippen molar-refractivity contribution in [3.63, 3.8) is 0 Å². The van der Waals surface area contributed by atoms with Gasteiger partial charge in [-0.3, -0.25) is 25.0 Å². The van der Waals surface area contributed by atoms with E-state index in [1.807, 2.05) is 0 Å². The van der Waals surface area contributed by atoms with Crippen LogP contribution in [0.2, 0.25) is 0 Å². The van der Waals surface area contributed by atoms with Gasteiger partial charge in [-0.05, 0) is 44.0 Å². The molecule has 0 spiro atoms. The van der Waals surface area contributed by atoms with Crippen LogP contribution in [0.4, 0.5) is 11.4 Å². The number of nitro benzene ring substituents is 2. The van der Waals surface area contributed by atoms with Crippen LogP contribution in [-0.4, -0.2) is 47.0 Å². The average Bonchev–Trinajstić information content (AvgIpc) is 3.45. The van der Waals surface area contributed by atoms with Crippen LogP contribution in [0.1, 0.15) is 19.8 Å². The fraction of sp³-hybridized carbons (Fsp3) is 0.250. The highest BCUT2D eigenvalue weighted by Crippen LogP contribution is 2.17. The maximum absolute atomic E-state index is 10.5. The van der Waals surface area contributed by atoms with E-state index >= 15 is 0 Å². The van der Waals surface area contributed by atoms with Crippen LogP contribution in [0.15, 0.2) is 60.9 Å². The molecule has 0 radical (unpaired) electrons. The zero-order chi connectivity index (χ0) is 27.3. The summed E-state index contributed by atoms with van der Waals surface area (Å²) in [6, 6.07) is 10.6. The van der Waals surface area contributed by atoms with Crippen molar-refractivity contribution in [2.24, 2.45) is 0 Å². The number of non-ortho nitro benzene ring substituents is 2. The first kappa shape index (κ1) is 31.2. The summed E-state index contributed by atoms with van der Waals surface area (Å²) in [7, 11) is 1.24. The number of carbonyl (C=O) groups is 2. The number of nitro groups is 2. The van der Waals surface area contributed by atoms with Gasteiger partial charge in [0, 0.05) is 49.5 Å². The minimum atomic E-state index is -0.630. The van der Waals surface area contributed by atoms with Gasteiger partial charge in [-0.1, -0.05) is 0 Å².